The Morgan fingerprint density at radius 1 is 1.05 bits per heavy atom. The zero-order valence-electron chi connectivity index (χ0n) is 12.3. The molecule has 102 valence electrons. The summed E-state index contributed by atoms with van der Waals surface area (Å²) in [5, 5.41) is 3.54. The lowest BCUT2D eigenvalue weighted by molar-refractivity contribution is 0.413. The van der Waals surface area contributed by atoms with E-state index >= 15 is 0 Å². The molecule has 1 heterocycles. The molecule has 0 aliphatic carbocycles. The van der Waals surface area contributed by atoms with E-state index in [0.29, 0.717) is 0 Å². The van der Waals surface area contributed by atoms with Gasteiger partial charge in [-0.05, 0) is 62.1 Å². The summed E-state index contributed by atoms with van der Waals surface area (Å²) in [6.07, 6.45) is 2.75. The highest BCUT2D eigenvalue weighted by Gasteiger charge is 2.18. The molecule has 0 radical (unpaired) electrons. The van der Waals surface area contributed by atoms with E-state index in [4.69, 9.17) is 4.42 Å². The molecular weight excluding hydrogens is 234 g/mol. The van der Waals surface area contributed by atoms with Crippen molar-refractivity contribution in [3.8, 4) is 0 Å². The Kier molecular flexibility index (Phi) is 4.43. The molecule has 1 unspecified atom stereocenters. The van der Waals surface area contributed by atoms with Crippen LogP contribution in [0.25, 0.3) is 0 Å². The van der Waals surface area contributed by atoms with E-state index in [9.17, 15) is 0 Å². The van der Waals surface area contributed by atoms with Gasteiger partial charge >= 0.3 is 0 Å². The molecular formula is C17H23NO. The molecule has 1 aromatic carbocycles. The monoisotopic (exact) mass is 257 g/mol. The van der Waals surface area contributed by atoms with Crippen molar-refractivity contribution in [2.24, 2.45) is 0 Å². The first-order chi connectivity index (χ1) is 9.13. The molecule has 1 aromatic heterocycles. The van der Waals surface area contributed by atoms with Crippen LogP contribution in [-0.4, -0.2) is 6.54 Å². The molecule has 0 fully saturated rings. The van der Waals surface area contributed by atoms with Crippen molar-refractivity contribution in [3.05, 3.63) is 58.5 Å². The Morgan fingerprint density at radius 2 is 1.74 bits per heavy atom. The highest BCUT2D eigenvalue weighted by molar-refractivity contribution is 5.35. The standard InChI is InChI=1S/C17H23NO/c1-5-18-16(17-14(4)9-10-19-17)11-15-12(2)7-6-8-13(15)3/h6-10,16,18H,5,11H2,1-4H3. The van der Waals surface area contributed by atoms with Crippen molar-refractivity contribution in [3.63, 3.8) is 0 Å². The minimum Gasteiger partial charge on any atom is -0.467 e. The molecule has 2 nitrogen and oxygen atoms in total. The van der Waals surface area contributed by atoms with E-state index in [2.05, 4.69) is 51.2 Å². The van der Waals surface area contributed by atoms with E-state index in [1.165, 1.54) is 22.3 Å². The van der Waals surface area contributed by atoms with Gasteiger partial charge in [0.1, 0.15) is 5.76 Å². The van der Waals surface area contributed by atoms with Gasteiger partial charge in [0.25, 0.3) is 0 Å². The van der Waals surface area contributed by atoms with Crippen LogP contribution in [0.3, 0.4) is 0 Å². The molecule has 2 aromatic rings. The minimum atomic E-state index is 0.250. The fourth-order valence-corrected chi connectivity index (χ4v) is 2.62. The number of nitrogens with one attached hydrogen (secondary N) is 1. The molecule has 0 spiro atoms. The molecule has 1 N–H and O–H groups in total. The largest absolute Gasteiger partial charge is 0.467 e. The Balaban J connectivity index is 2.29. The zero-order valence-corrected chi connectivity index (χ0v) is 12.3. The van der Waals surface area contributed by atoms with Gasteiger partial charge in [0, 0.05) is 0 Å². The molecule has 0 amide bonds. The molecule has 1 atom stereocenters. The molecule has 2 heteroatoms. The molecule has 0 aliphatic heterocycles. The van der Waals surface area contributed by atoms with Crippen LogP contribution in [-0.2, 0) is 6.42 Å². The number of hydrogen-bond donors (Lipinski definition) is 1. The summed E-state index contributed by atoms with van der Waals surface area (Å²) in [4.78, 5) is 0. The van der Waals surface area contributed by atoms with Crippen LogP contribution in [0.5, 0.6) is 0 Å². The second-order valence-corrected chi connectivity index (χ2v) is 5.15. The second kappa shape index (κ2) is 6.07. The highest BCUT2D eigenvalue weighted by atomic mass is 16.3. The topological polar surface area (TPSA) is 25.2 Å². The number of aryl methyl sites for hydroxylation is 3. The summed E-state index contributed by atoms with van der Waals surface area (Å²) in [6, 6.07) is 8.76. The third-order valence-electron chi connectivity index (χ3n) is 3.72. The zero-order chi connectivity index (χ0) is 13.8. The Labute approximate surface area is 115 Å². The van der Waals surface area contributed by atoms with Gasteiger partial charge in [0.05, 0.1) is 12.3 Å². The average Bonchev–Trinajstić information content (AvgIpc) is 2.79. The number of furan rings is 1. The summed E-state index contributed by atoms with van der Waals surface area (Å²) < 4.78 is 5.67. The summed E-state index contributed by atoms with van der Waals surface area (Å²) in [7, 11) is 0. The normalized spacial score (nSPS) is 12.6. The Bertz CT molecular complexity index is 522. The molecule has 0 saturated heterocycles. The molecule has 0 bridgehead atoms. The van der Waals surface area contributed by atoms with Crippen molar-refractivity contribution in [1.29, 1.82) is 0 Å². The molecule has 2 rings (SSSR count). The van der Waals surface area contributed by atoms with Crippen LogP contribution >= 0.6 is 0 Å². The van der Waals surface area contributed by atoms with Crippen LogP contribution in [0.15, 0.2) is 34.9 Å². The van der Waals surface area contributed by atoms with Crippen LogP contribution in [0.4, 0.5) is 0 Å². The maximum Gasteiger partial charge on any atom is 0.123 e. The van der Waals surface area contributed by atoms with Gasteiger partial charge in [0.15, 0.2) is 0 Å². The average molecular weight is 257 g/mol. The van der Waals surface area contributed by atoms with Gasteiger partial charge in [-0.2, -0.15) is 0 Å². The van der Waals surface area contributed by atoms with Gasteiger partial charge in [-0.3, -0.25) is 0 Å². The summed E-state index contributed by atoms with van der Waals surface area (Å²) in [6.45, 7) is 9.54. The van der Waals surface area contributed by atoms with Gasteiger partial charge in [-0.25, -0.2) is 0 Å². The fourth-order valence-electron chi connectivity index (χ4n) is 2.62. The maximum absolute atomic E-state index is 5.67. The number of likely N-dealkylation sites (N-methyl/N-ethyl adjacent to an activating group) is 1. The van der Waals surface area contributed by atoms with Crippen LogP contribution in [0.2, 0.25) is 0 Å². The summed E-state index contributed by atoms with van der Waals surface area (Å²) in [5.41, 5.74) is 5.35. The quantitative estimate of drug-likeness (QED) is 0.872. The van der Waals surface area contributed by atoms with Crippen molar-refractivity contribution in [2.75, 3.05) is 6.54 Å². The van der Waals surface area contributed by atoms with E-state index in [1.807, 2.05) is 6.07 Å². The third kappa shape index (κ3) is 3.07. The Morgan fingerprint density at radius 3 is 2.26 bits per heavy atom. The van der Waals surface area contributed by atoms with Gasteiger partial charge < -0.3 is 9.73 Å². The lowest BCUT2D eigenvalue weighted by Crippen LogP contribution is -2.23. The number of hydrogen-bond acceptors (Lipinski definition) is 2. The van der Waals surface area contributed by atoms with E-state index in [1.54, 1.807) is 6.26 Å². The van der Waals surface area contributed by atoms with E-state index in [0.717, 1.165) is 18.7 Å². The number of rotatable bonds is 5. The lowest BCUT2D eigenvalue weighted by Gasteiger charge is -2.19. The fraction of sp³-hybridized carbons (Fsp3) is 0.412. The summed E-state index contributed by atoms with van der Waals surface area (Å²) in [5.74, 6) is 1.06. The lowest BCUT2D eigenvalue weighted by atomic mass is 9.94. The molecule has 0 aliphatic rings. The van der Waals surface area contributed by atoms with Crippen LogP contribution < -0.4 is 5.32 Å². The van der Waals surface area contributed by atoms with Crippen molar-refractivity contribution in [2.45, 2.75) is 40.2 Å². The predicted molar refractivity (Wildman–Crippen MR) is 79.5 cm³/mol. The summed E-state index contributed by atoms with van der Waals surface area (Å²) >= 11 is 0. The Hall–Kier alpha value is -1.54. The minimum absolute atomic E-state index is 0.250. The van der Waals surface area contributed by atoms with Crippen LogP contribution in [0, 0.1) is 20.8 Å². The van der Waals surface area contributed by atoms with Crippen molar-refractivity contribution >= 4 is 0 Å². The maximum atomic E-state index is 5.67. The number of benzene rings is 1. The molecule has 19 heavy (non-hydrogen) atoms. The van der Waals surface area contributed by atoms with Gasteiger partial charge in [-0.1, -0.05) is 25.1 Å². The van der Waals surface area contributed by atoms with Gasteiger partial charge in [0.2, 0.25) is 0 Å². The third-order valence-corrected chi connectivity index (χ3v) is 3.72. The first kappa shape index (κ1) is 13.9. The second-order valence-electron chi connectivity index (χ2n) is 5.15. The van der Waals surface area contributed by atoms with Crippen molar-refractivity contribution in [1.82, 2.24) is 5.32 Å². The molecule has 0 saturated carbocycles. The van der Waals surface area contributed by atoms with Crippen LogP contribution in [0.1, 0.15) is 41.0 Å². The first-order valence-electron chi connectivity index (χ1n) is 6.96. The predicted octanol–water partition coefficient (Wildman–Crippen LogP) is 4.10. The highest BCUT2D eigenvalue weighted by Crippen LogP contribution is 2.25. The van der Waals surface area contributed by atoms with Crippen molar-refractivity contribution < 1.29 is 4.42 Å². The van der Waals surface area contributed by atoms with E-state index in [-0.39, 0.29) is 6.04 Å². The smallest absolute Gasteiger partial charge is 0.123 e. The van der Waals surface area contributed by atoms with Gasteiger partial charge in [-0.15, -0.1) is 0 Å². The SMILES string of the molecule is CCNC(Cc1c(C)cccc1C)c1occc1C. The van der Waals surface area contributed by atoms with E-state index < -0.39 is 0 Å². The first-order valence-corrected chi connectivity index (χ1v) is 6.96.